The van der Waals surface area contributed by atoms with Crippen LogP contribution in [0.25, 0.3) is 0 Å². The Balaban J connectivity index is 1.95. The zero-order chi connectivity index (χ0) is 13.2. The molecule has 2 aromatic carbocycles. The molecule has 0 aromatic heterocycles. The van der Waals surface area contributed by atoms with Crippen molar-refractivity contribution in [2.75, 3.05) is 4.90 Å². The molecular formula is C17H17NO. The van der Waals surface area contributed by atoms with Gasteiger partial charge in [0, 0.05) is 30.8 Å². The molecule has 0 bridgehead atoms. The highest BCUT2D eigenvalue weighted by Gasteiger charge is 2.21. The Morgan fingerprint density at radius 2 is 1.58 bits per heavy atom. The van der Waals surface area contributed by atoms with Gasteiger partial charge in [-0.25, -0.2) is 0 Å². The Morgan fingerprint density at radius 3 is 2.21 bits per heavy atom. The standard InChI is InChI=1S/C17H17NO/c1-2-17(19)15-9-5-6-10-16(15)18-11-13-7-3-4-8-14(13)12-18/h3-10H,2,11-12H2,1H3. The first-order chi connectivity index (χ1) is 9.29. The number of para-hydroxylation sites is 1. The van der Waals surface area contributed by atoms with Gasteiger partial charge in [-0.05, 0) is 23.3 Å². The van der Waals surface area contributed by atoms with Crippen LogP contribution in [0, 0.1) is 0 Å². The van der Waals surface area contributed by atoms with Crippen molar-refractivity contribution in [2.45, 2.75) is 26.4 Å². The van der Waals surface area contributed by atoms with E-state index in [1.54, 1.807) is 0 Å². The van der Waals surface area contributed by atoms with Gasteiger partial charge in [-0.3, -0.25) is 4.79 Å². The summed E-state index contributed by atoms with van der Waals surface area (Å²) in [6.45, 7) is 3.70. The number of nitrogens with zero attached hydrogens (tertiary/aromatic N) is 1. The van der Waals surface area contributed by atoms with Gasteiger partial charge in [-0.15, -0.1) is 0 Å². The zero-order valence-corrected chi connectivity index (χ0v) is 11.1. The third-order valence-corrected chi connectivity index (χ3v) is 3.71. The third kappa shape index (κ3) is 2.14. The van der Waals surface area contributed by atoms with Crippen LogP contribution >= 0.6 is 0 Å². The molecule has 19 heavy (non-hydrogen) atoms. The zero-order valence-electron chi connectivity index (χ0n) is 11.1. The van der Waals surface area contributed by atoms with E-state index in [9.17, 15) is 4.79 Å². The van der Waals surface area contributed by atoms with E-state index < -0.39 is 0 Å². The highest BCUT2D eigenvalue weighted by molar-refractivity contribution is 6.01. The van der Waals surface area contributed by atoms with Crippen molar-refractivity contribution in [1.29, 1.82) is 0 Å². The maximum absolute atomic E-state index is 12.0. The van der Waals surface area contributed by atoms with Crippen molar-refractivity contribution in [3.05, 3.63) is 65.2 Å². The van der Waals surface area contributed by atoms with Crippen LogP contribution in [-0.4, -0.2) is 5.78 Å². The van der Waals surface area contributed by atoms with Gasteiger partial charge in [0.2, 0.25) is 0 Å². The molecule has 0 amide bonds. The minimum atomic E-state index is 0.214. The molecule has 3 rings (SSSR count). The van der Waals surface area contributed by atoms with E-state index >= 15 is 0 Å². The molecule has 0 fully saturated rings. The Labute approximate surface area is 113 Å². The monoisotopic (exact) mass is 251 g/mol. The third-order valence-electron chi connectivity index (χ3n) is 3.71. The maximum atomic E-state index is 12.0. The molecule has 2 aromatic rings. The molecule has 0 saturated carbocycles. The van der Waals surface area contributed by atoms with Crippen molar-refractivity contribution < 1.29 is 4.79 Å². The molecule has 0 N–H and O–H groups in total. The molecule has 0 radical (unpaired) electrons. The summed E-state index contributed by atoms with van der Waals surface area (Å²) in [7, 11) is 0. The maximum Gasteiger partial charge on any atom is 0.164 e. The Hall–Kier alpha value is -2.09. The average Bonchev–Trinajstić information content (AvgIpc) is 2.90. The molecule has 0 saturated heterocycles. The van der Waals surface area contributed by atoms with E-state index in [4.69, 9.17) is 0 Å². The molecule has 2 heteroatoms. The Bertz CT molecular complexity index is 593. The van der Waals surface area contributed by atoms with Crippen LogP contribution in [0.1, 0.15) is 34.8 Å². The minimum absolute atomic E-state index is 0.214. The first-order valence-corrected chi connectivity index (χ1v) is 6.73. The Morgan fingerprint density at radius 1 is 1.00 bits per heavy atom. The number of hydrogen-bond donors (Lipinski definition) is 0. The second-order valence-corrected chi connectivity index (χ2v) is 4.92. The summed E-state index contributed by atoms with van der Waals surface area (Å²) in [4.78, 5) is 14.3. The van der Waals surface area contributed by atoms with Crippen molar-refractivity contribution in [3.8, 4) is 0 Å². The van der Waals surface area contributed by atoms with Crippen molar-refractivity contribution in [3.63, 3.8) is 0 Å². The summed E-state index contributed by atoms with van der Waals surface area (Å²) in [5, 5.41) is 0. The topological polar surface area (TPSA) is 20.3 Å². The van der Waals surface area contributed by atoms with E-state index in [1.807, 2.05) is 25.1 Å². The molecule has 0 atom stereocenters. The average molecular weight is 251 g/mol. The highest BCUT2D eigenvalue weighted by atomic mass is 16.1. The van der Waals surface area contributed by atoms with Crippen molar-refractivity contribution >= 4 is 11.5 Å². The number of hydrogen-bond acceptors (Lipinski definition) is 2. The first-order valence-electron chi connectivity index (χ1n) is 6.73. The summed E-state index contributed by atoms with van der Waals surface area (Å²) in [5.41, 5.74) is 4.63. The van der Waals surface area contributed by atoms with Crippen LogP contribution in [0.5, 0.6) is 0 Å². The first kappa shape index (κ1) is 12.0. The van der Waals surface area contributed by atoms with Crippen LogP contribution in [0.4, 0.5) is 5.69 Å². The normalized spacial score (nSPS) is 13.4. The quantitative estimate of drug-likeness (QED) is 0.773. The molecule has 2 nitrogen and oxygen atoms in total. The van der Waals surface area contributed by atoms with E-state index in [-0.39, 0.29) is 5.78 Å². The van der Waals surface area contributed by atoms with Gasteiger partial charge in [-0.2, -0.15) is 0 Å². The highest BCUT2D eigenvalue weighted by Crippen LogP contribution is 2.30. The second kappa shape index (κ2) is 4.88. The molecule has 1 aliphatic heterocycles. The van der Waals surface area contributed by atoms with Crippen LogP contribution in [0.2, 0.25) is 0 Å². The van der Waals surface area contributed by atoms with E-state index in [0.717, 1.165) is 24.3 Å². The molecule has 0 aliphatic carbocycles. The van der Waals surface area contributed by atoms with Gasteiger partial charge in [0.05, 0.1) is 0 Å². The predicted octanol–water partition coefficient (Wildman–Crippen LogP) is 3.80. The lowest BCUT2D eigenvalue weighted by atomic mass is 10.1. The van der Waals surface area contributed by atoms with E-state index in [0.29, 0.717) is 6.42 Å². The second-order valence-electron chi connectivity index (χ2n) is 4.92. The molecule has 1 aliphatic rings. The molecule has 0 spiro atoms. The number of fused-ring (bicyclic) bond motifs is 1. The summed E-state index contributed by atoms with van der Waals surface area (Å²) >= 11 is 0. The van der Waals surface area contributed by atoms with Gasteiger partial charge >= 0.3 is 0 Å². The number of benzene rings is 2. The fourth-order valence-corrected chi connectivity index (χ4v) is 2.68. The molecule has 0 unspecified atom stereocenters. The van der Waals surface area contributed by atoms with Crippen molar-refractivity contribution in [1.82, 2.24) is 0 Å². The van der Waals surface area contributed by atoms with Gasteiger partial charge < -0.3 is 4.90 Å². The number of Topliss-reactive ketones (excluding diaryl/α,β-unsaturated/α-hetero) is 1. The number of rotatable bonds is 3. The Kier molecular flexibility index (Phi) is 3.08. The van der Waals surface area contributed by atoms with E-state index in [1.165, 1.54) is 11.1 Å². The van der Waals surface area contributed by atoms with E-state index in [2.05, 4.69) is 35.2 Å². The largest absolute Gasteiger partial charge is 0.362 e. The number of anilines is 1. The SMILES string of the molecule is CCC(=O)c1ccccc1N1Cc2ccccc2C1. The lowest BCUT2D eigenvalue weighted by molar-refractivity contribution is 0.0988. The lowest BCUT2D eigenvalue weighted by Gasteiger charge is -2.20. The molecular weight excluding hydrogens is 234 g/mol. The number of ketones is 1. The van der Waals surface area contributed by atoms with Crippen LogP contribution in [-0.2, 0) is 13.1 Å². The van der Waals surface area contributed by atoms with Gasteiger partial charge in [-0.1, -0.05) is 43.3 Å². The molecule has 96 valence electrons. The summed E-state index contributed by atoms with van der Waals surface area (Å²) < 4.78 is 0. The summed E-state index contributed by atoms with van der Waals surface area (Å²) in [6, 6.07) is 16.4. The summed E-state index contributed by atoms with van der Waals surface area (Å²) in [5.74, 6) is 0.214. The predicted molar refractivity (Wildman–Crippen MR) is 77.4 cm³/mol. The summed E-state index contributed by atoms with van der Waals surface area (Å²) in [6.07, 6.45) is 0.553. The minimum Gasteiger partial charge on any atom is -0.362 e. The smallest absolute Gasteiger partial charge is 0.164 e. The lowest BCUT2D eigenvalue weighted by Crippen LogP contribution is -2.17. The van der Waals surface area contributed by atoms with Gasteiger partial charge in [0.25, 0.3) is 0 Å². The fourth-order valence-electron chi connectivity index (χ4n) is 2.68. The van der Waals surface area contributed by atoms with Gasteiger partial charge in [0.15, 0.2) is 5.78 Å². The van der Waals surface area contributed by atoms with Crippen LogP contribution < -0.4 is 4.90 Å². The van der Waals surface area contributed by atoms with Crippen molar-refractivity contribution in [2.24, 2.45) is 0 Å². The molecule has 1 heterocycles. The fraction of sp³-hybridized carbons (Fsp3) is 0.235. The number of carbonyl (C=O) groups is 1. The van der Waals surface area contributed by atoms with Crippen LogP contribution in [0.3, 0.4) is 0 Å². The number of carbonyl (C=O) groups excluding carboxylic acids is 1. The van der Waals surface area contributed by atoms with Gasteiger partial charge in [0.1, 0.15) is 0 Å². The van der Waals surface area contributed by atoms with Crippen LogP contribution in [0.15, 0.2) is 48.5 Å².